The van der Waals surface area contributed by atoms with Crippen LogP contribution in [0.4, 0.5) is 5.82 Å². The van der Waals surface area contributed by atoms with Crippen LogP contribution in [0.25, 0.3) is 0 Å². The van der Waals surface area contributed by atoms with Crippen molar-refractivity contribution in [3.63, 3.8) is 0 Å². The van der Waals surface area contributed by atoms with Crippen molar-refractivity contribution in [3.05, 3.63) is 53.7 Å². The molecule has 1 aliphatic heterocycles. The molecule has 0 spiro atoms. The number of hydrogen-bond donors (Lipinski definition) is 3. The molecule has 6 heteroatoms. The molecular formula is C23H33N5O. The van der Waals surface area contributed by atoms with Crippen molar-refractivity contribution in [3.8, 4) is 5.75 Å². The fourth-order valence-electron chi connectivity index (χ4n) is 3.55. The van der Waals surface area contributed by atoms with Crippen molar-refractivity contribution < 1.29 is 5.11 Å². The molecule has 156 valence electrons. The molecule has 1 aromatic heterocycles. The Morgan fingerprint density at radius 1 is 1.17 bits per heavy atom. The predicted molar refractivity (Wildman–Crippen MR) is 120 cm³/mol. The molecule has 1 fully saturated rings. The fourth-order valence-corrected chi connectivity index (χ4v) is 3.55. The second-order valence-corrected chi connectivity index (χ2v) is 7.63. The van der Waals surface area contributed by atoms with E-state index in [9.17, 15) is 5.11 Å². The third-order valence-corrected chi connectivity index (χ3v) is 5.23. The maximum atomic E-state index is 9.36. The highest BCUT2D eigenvalue weighted by Crippen LogP contribution is 2.18. The number of guanidine groups is 1. The molecule has 1 aliphatic rings. The van der Waals surface area contributed by atoms with Gasteiger partial charge in [-0.3, -0.25) is 4.99 Å². The van der Waals surface area contributed by atoms with Crippen LogP contribution in [-0.4, -0.2) is 48.3 Å². The lowest BCUT2D eigenvalue weighted by Gasteiger charge is -2.33. The number of piperidine rings is 1. The number of rotatable bonds is 7. The number of aryl methyl sites for hydroxylation is 2. The highest BCUT2D eigenvalue weighted by Gasteiger charge is 2.20. The molecule has 0 unspecified atom stereocenters. The Bertz CT molecular complexity index is 765. The summed E-state index contributed by atoms with van der Waals surface area (Å²) in [6.07, 6.45) is 6.04. The Morgan fingerprint density at radius 3 is 2.59 bits per heavy atom. The van der Waals surface area contributed by atoms with E-state index in [4.69, 9.17) is 4.99 Å². The van der Waals surface area contributed by atoms with Crippen molar-refractivity contribution in [2.24, 2.45) is 4.99 Å². The quantitative estimate of drug-likeness (QED) is 0.381. The SMILES string of the molecule is CCNC(=NCCCc1ccc(O)cc1)NC1CCN(c2ccc(C)cn2)CC1. The zero-order chi connectivity index (χ0) is 20.5. The standard InChI is InChI=1S/C23H33N5O/c1-3-24-23(25-14-4-5-19-7-9-21(29)10-8-19)27-20-12-15-28(16-13-20)22-11-6-18(2)17-26-22/h6-11,17,20,29H,3-5,12-16H2,1-2H3,(H2,24,25,27). The lowest BCUT2D eigenvalue weighted by molar-refractivity contribution is 0.459. The molecule has 3 N–H and O–H groups in total. The van der Waals surface area contributed by atoms with Gasteiger partial charge in [-0.15, -0.1) is 0 Å². The number of aromatic hydroxyl groups is 1. The van der Waals surface area contributed by atoms with E-state index >= 15 is 0 Å². The van der Waals surface area contributed by atoms with Crippen LogP contribution in [0.5, 0.6) is 5.75 Å². The van der Waals surface area contributed by atoms with E-state index in [2.05, 4.69) is 46.5 Å². The summed E-state index contributed by atoms with van der Waals surface area (Å²) in [6.45, 7) is 7.82. The minimum absolute atomic E-state index is 0.314. The number of nitrogens with zero attached hydrogens (tertiary/aromatic N) is 3. The Hall–Kier alpha value is -2.76. The normalized spacial score (nSPS) is 15.4. The fraction of sp³-hybridized carbons (Fsp3) is 0.478. The summed E-state index contributed by atoms with van der Waals surface area (Å²) in [5.41, 5.74) is 2.43. The van der Waals surface area contributed by atoms with Crippen molar-refractivity contribution in [2.75, 3.05) is 31.1 Å². The first-order valence-corrected chi connectivity index (χ1v) is 10.6. The average Bonchev–Trinajstić information content (AvgIpc) is 2.74. The van der Waals surface area contributed by atoms with Crippen LogP contribution < -0.4 is 15.5 Å². The average molecular weight is 396 g/mol. The summed E-state index contributed by atoms with van der Waals surface area (Å²) >= 11 is 0. The van der Waals surface area contributed by atoms with E-state index in [-0.39, 0.29) is 0 Å². The van der Waals surface area contributed by atoms with Gasteiger partial charge in [0, 0.05) is 38.4 Å². The van der Waals surface area contributed by atoms with Crippen molar-refractivity contribution in [1.82, 2.24) is 15.6 Å². The molecular weight excluding hydrogens is 362 g/mol. The van der Waals surface area contributed by atoms with E-state index in [1.54, 1.807) is 12.1 Å². The van der Waals surface area contributed by atoms with Gasteiger partial charge in [-0.1, -0.05) is 18.2 Å². The van der Waals surface area contributed by atoms with Crippen molar-refractivity contribution in [2.45, 2.75) is 45.6 Å². The molecule has 0 aliphatic carbocycles. The number of hydrogen-bond acceptors (Lipinski definition) is 4. The van der Waals surface area contributed by atoms with Gasteiger partial charge in [0.2, 0.25) is 0 Å². The number of aromatic nitrogens is 1. The summed E-state index contributed by atoms with van der Waals surface area (Å²) < 4.78 is 0. The highest BCUT2D eigenvalue weighted by molar-refractivity contribution is 5.80. The number of benzene rings is 1. The maximum absolute atomic E-state index is 9.36. The molecule has 2 heterocycles. The molecule has 0 atom stereocenters. The number of nitrogens with one attached hydrogen (secondary N) is 2. The Labute approximate surface area is 174 Å². The molecule has 2 aromatic rings. The zero-order valence-electron chi connectivity index (χ0n) is 17.6. The zero-order valence-corrected chi connectivity index (χ0v) is 17.6. The van der Waals surface area contributed by atoms with Gasteiger partial charge in [-0.2, -0.15) is 0 Å². The Morgan fingerprint density at radius 2 is 1.93 bits per heavy atom. The van der Waals surface area contributed by atoms with E-state index in [1.165, 1.54) is 11.1 Å². The molecule has 29 heavy (non-hydrogen) atoms. The van der Waals surface area contributed by atoms with Crippen LogP contribution in [0.2, 0.25) is 0 Å². The molecule has 1 aromatic carbocycles. The van der Waals surface area contributed by atoms with Crippen LogP contribution in [0, 0.1) is 6.92 Å². The van der Waals surface area contributed by atoms with Gasteiger partial charge >= 0.3 is 0 Å². The number of phenolic OH excluding ortho intramolecular Hbond substituents is 1. The van der Waals surface area contributed by atoms with Crippen molar-refractivity contribution >= 4 is 11.8 Å². The lowest BCUT2D eigenvalue weighted by atomic mass is 10.1. The first kappa shape index (κ1) is 21.0. The number of pyridine rings is 1. The maximum Gasteiger partial charge on any atom is 0.191 e. The van der Waals surface area contributed by atoms with Gasteiger partial charge in [0.25, 0.3) is 0 Å². The number of phenols is 1. The monoisotopic (exact) mass is 395 g/mol. The third-order valence-electron chi connectivity index (χ3n) is 5.23. The lowest BCUT2D eigenvalue weighted by Crippen LogP contribution is -2.49. The van der Waals surface area contributed by atoms with Gasteiger partial charge in [-0.25, -0.2) is 4.98 Å². The molecule has 0 amide bonds. The van der Waals surface area contributed by atoms with Crippen LogP contribution in [0.3, 0.4) is 0 Å². The van der Waals surface area contributed by atoms with Crippen LogP contribution in [-0.2, 0) is 6.42 Å². The van der Waals surface area contributed by atoms with E-state index in [1.807, 2.05) is 18.3 Å². The molecule has 1 saturated heterocycles. The Balaban J connectivity index is 1.44. The largest absolute Gasteiger partial charge is 0.508 e. The second-order valence-electron chi connectivity index (χ2n) is 7.63. The van der Waals surface area contributed by atoms with Gasteiger partial charge in [0.15, 0.2) is 5.96 Å². The van der Waals surface area contributed by atoms with Crippen LogP contribution in [0.1, 0.15) is 37.3 Å². The molecule has 0 bridgehead atoms. The summed E-state index contributed by atoms with van der Waals surface area (Å²) in [6, 6.07) is 12.1. The highest BCUT2D eigenvalue weighted by atomic mass is 16.3. The summed E-state index contributed by atoms with van der Waals surface area (Å²) in [5.74, 6) is 2.29. The minimum Gasteiger partial charge on any atom is -0.508 e. The second kappa shape index (κ2) is 10.7. The molecule has 3 rings (SSSR count). The number of aliphatic imine (C=N–C) groups is 1. The van der Waals surface area contributed by atoms with Crippen molar-refractivity contribution in [1.29, 1.82) is 0 Å². The first-order chi connectivity index (χ1) is 14.1. The first-order valence-electron chi connectivity index (χ1n) is 10.6. The molecule has 6 nitrogen and oxygen atoms in total. The molecule has 0 radical (unpaired) electrons. The Kier molecular flexibility index (Phi) is 7.73. The summed E-state index contributed by atoms with van der Waals surface area (Å²) in [7, 11) is 0. The van der Waals surface area contributed by atoms with E-state index in [0.29, 0.717) is 11.8 Å². The van der Waals surface area contributed by atoms with Gasteiger partial charge in [0.1, 0.15) is 11.6 Å². The van der Waals surface area contributed by atoms with Crippen LogP contribution >= 0.6 is 0 Å². The van der Waals surface area contributed by atoms with Gasteiger partial charge in [0.05, 0.1) is 0 Å². The predicted octanol–water partition coefficient (Wildman–Crippen LogP) is 3.25. The number of anilines is 1. The topological polar surface area (TPSA) is 72.8 Å². The third kappa shape index (κ3) is 6.66. The van der Waals surface area contributed by atoms with Gasteiger partial charge in [-0.05, 0) is 68.9 Å². The smallest absolute Gasteiger partial charge is 0.191 e. The minimum atomic E-state index is 0.314. The van der Waals surface area contributed by atoms with Crippen LogP contribution in [0.15, 0.2) is 47.6 Å². The summed E-state index contributed by atoms with van der Waals surface area (Å²) in [4.78, 5) is 11.7. The van der Waals surface area contributed by atoms with E-state index in [0.717, 1.165) is 63.6 Å². The van der Waals surface area contributed by atoms with Gasteiger partial charge < -0.3 is 20.6 Å². The summed E-state index contributed by atoms with van der Waals surface area (Å²) in [5, 5.41) is 16.3. The van der Waals surface area contributed by atoms with E-state index < -0.39 is 0 Å². The molecule has 0 saturated carbocycles.